The molecule has 0 fully saturated rings. The number of ketones is 2. The first kappa shape index (κ1) is 12.5. The van der Waals surface area contributed by atoms with Gasteiger partial charge in [0, 0.05) is 26.7 Å². The molecule has 2 nitrogen and oxygen atoms in total. The highest BCUT2D eigenvalue weighted by molar-refractivity contribution is 9.10. The zero-order valence-corrected chi connectivity index (χ0v) is 12.5. The molecule has 0 aliphatic heterocycles. The molecule has 0 bridgehead atoms. The standard InChI is InChI=1S/C18H9BrO2/c19-15-9-14-16(11-6-2-1-5-10(11)15)18(21)13-8-4-3-7-12(13)17(14)20/h1-9H. The van der Waals surface area contributed by atoms with E-state index in [0.717, 1.165) is 15.2 Å². The number of carbonyl (C=O) groups is 2. The van der Waals surface area contributed by atoms with Crippen molar-refractivity contribution in [2.45, 2.75) is 0 Å². The van der Waals surface area contributed by atoms with Crippen molar-refractivity contribution >= 4 is 38.3 Å². The van der Waals surface area contributed by atoms with Gasteiger partial charge in [-0.1, -0.05) is 64.5 Å². The van der Waals surface area contributed by atoms with E-state index in [1.54, 1.807) is 30.3 Å². The average molecular weight is 337 g/mol. The van der Waals surface area contributed by atoms with Gasteiger partial charge >= 0.3 is 0 Å². The van der Waals surface area contributed by atoms with Gasteiger partial charge in [-0.25, -0.2) is 0 Å². The summed E-state index contributed by atoms with van der Waals surface area (Å²) in [5, 5.41) is 1.76. The molecule has 3 aromatic rings. The second-order valence-electron chi connectivity index (χ2n) is 5.03. The van der Waals surface area contributed by atoms with Gasteiger partial charge in [-0.3, -0.25) is 9.59 Å². The van der Waals surface area contributed by atoms with Crippen molar-refractivity contribution < 1.29 is 9.59 Å². The fourth-order valence-electron chi connectivity index (χ4n) is 2.91. The normalized spacial score (nSPS) is 13.2. The molecule has 1 aliphatic rings. The molecule has 3 heteroatoms. The molecule has 100 valence electrons. The molecule has 0 atom stereocenters. The van der Waals surface area contributed by atoms with E-state index >= 15 is 0 Å². The van der Waals surface area contributed by atoms with E-state index in [-0.39, 0.29) is 11.6 Å². The van der Waals surface area contributed by atoms with Crippen LogP contribution < -0.4 is 0 Å². The van der Waals surface area contributed by atoms with E-state index in [9.17, 15) is 9.59 Å². The van der Waals surface area contributed by atoms with Crippen molar-refractivity contribution in [3.63, 3.8) is 0 Å². The predicted octanol–water partition coefficient (Wildman–Crippen LogP) is 4.38. The smallest absolute Gasteiger partial charge is 0.195 e. The Morgan fingerprint density at radius 3 is 1.95 bits per heavy atom. The number of carbonyl (C=O) groups excluding carboxylic acids is 2. The average Bonchev–Trinajstić information content (AvgIpc) is 2.53. The van der Waals surface area contributed by atoms with Crippen LogP contribution in [0, 0.1) is 0 Å². The summed E-state index contributed by atoms with van der Waals surface area (Å²) < 4.78 is 0.831. The van der Waals surface area contributed by atoms with Crippen LogP contribution in [0.15, 0.2) is 59.1 Å². The van der Waals surface area contributed by atoms with E-state index < -0.39 is 0 Å². The van der Waals surface area contributed by atoms with Gasteiger partial charge < -0.3 is 0 Å². The number of halogens is 1. The van der Waals surface area contributed by atoms with Crippen LogP contribution in [0.4, 0.5) is 0 Å². The van der Waals surface area contributed by atoms with Gasteiger partial charge in [0.15, 0.2) is 11.6 Å². The van der Waals surface area contributed by atoms with Crippen molar-refractivity contribution in [3.05, 3.63) is 81.3 Å². The quantitative estimate of drug-likeness (QED) is 0.477. The highest BCUT2D eigenvalue weighted by Gasteiger charge is 2.31. The molecule has 0 amide bonds. The predicted molar refractivity (Wildman–Crippen MR) is 85.0 cm³/mol. The first-order valence-electron chi connectivity index (χ1n) is 6.58. The molecular formula is C18H9BrO2. The lowest BCUT2D eigenvalue weighted by Gasteiger charge is -2.19. The summed E-state index contributed by atoms with van der Waals surface area (Å²) in [4.78, 5) is 25.5. The Hall–Kier alpha value is -2.26. The maximum Gasteiger partial charge on any atom is 0.195 e. The Bertz CT molecular complexity index is 941. The minimum Gasteiger partial charge on any atom is -0.289 e. The Kier molecular flexibility index (Phi) is 2.59. The molecule has 0 spiro atoms. The zero-order valence-electron chi connectivity index (χ0n) is 10.9. The summed E-state index contributed by atoms with van der Waals surface area (Å²) in [6, 6.07) is 16.4. The zero-order chi connectivity index (χ0) is 14.6. The van der Waals surface area contributed by atoms with Gasteiger partial charge in [-0.05, 0) is 16.8 Å². The van der Waals surface area contributed by atoms with E-state index in [0.29, 0.717) is 22.3 Å². The van der Waals surface area contributed by atoms with Gasteiger partial charge in [0.2, 0.25) is 0 Å². The maximum absolute atomic E-state index is 12.8. The molecule has 0 aromatic heterocycles. The molecule has 4 rings (SSSR count). The fourth-order valence-corrected chi connectivity index (χ4v) is 3.49. The van der Waals surface area contributed by atoms with Crippen molar-refractivity contribution in [3.8, 4) is 0 Å². The van der Waals surface area contributed by atoms with E-state index in [1.165, 1.54) is 0 Å². The maximum atomic E-state index is 12.8. The van der Waals surface area contributed by atoms with Crippen LogP contribution in [0.1, 0.15) is 31.8 Å². The Morgan fingerprint density at radius 1 is 0.667 bits per heavy atom. The molecular weight excluding hydrogens is 328 g/mol. The monoisotopic (exact) mass is 336 g/mol. The first-order valence-corrected chi connectivity index (χ1v) is 7.37. The van der Waals surface area contributed by atoms with Gasteiger partial charge in [0.05, 0.1) is 0 Å². The molecule has 0 saturated carbocycles. The minimum absolute atomic E-state index is 0.0797. The van der Waals surface area contributed by atoms with E-state index in [1.807, 2.05) is 24.3 Å². The van der Waals surface area contributed by atoms with Crippen molar-refractivity contribution in [2.24, 2.45) is 0 Å². The van der Waals surface area contributed by atoms with Gasteiger partial charge in [-0.15, -0.1) is 0 Å². The summed E-state index contributed by atoms with van der Waals surface area (Å²) in [5.41, 5.74) is 1.96. The summed E-state index contributed by atoms with van der Waals surface area (Å²) >= 11 is 3.50. The van der Waals surface area contributed by atoms with E-state index in [2.05, 4.69) is 15.9 Å². The largest absolute Gasteiger partial charge is 0.289 e. The number of fused-ring (bicyclic) bond motifs is 4. The third-order valence-electron chi connectivity index (χ3n) is 3.88. The summed E-state index contributed by atoms with van der Waals surface area (Å²) in [6.45, 7) is 0. The van der Waals surface area contributed by atoms with Crippen LogP contribution in [-0.2, 0) is 0 Å². The molecule has 3 aromatic carbocycles. The minimum atomic E-state index is -0.0911. The fraction of sp³-hybridized carbons (Fsp3) is 0. The van der Waals surface area contributed by atoms with Crippen LogP contribution in [0.2, 0.25) is 0 Å². The molecule has 0 heterocycles. The van der Waals surface area contributed by atoms with Crippen LogP contribution in [0.5, 0.6) is 0 Å². The molecule has 1 aliphatic carbocycles. The summed E-state index contributed by atoms with van der Waals surface area (Å²) in [7, 11) is 0. The lowest BCUT2D eigenvalue weighted by Crippen LogP contribution is -2.21. The topological polar surface area (TPSA) is 34.1 Å². The molecule has 0 N–H and O–H groups in total. The number of hydrogen-bond donors (Lipinski definition) is 0. The molecule has 0 unspecified atom stereocenters. The third-order valence-corrected chi connectivity index (χ3v) is 4.54. The SMILES string of the molecule is O=C1c2ccccc2C(=O)c2c1cc(Br)c1ccccc21. The van der Waals surface area contributed by atoms with Gasteiger partial charge in [0.1, 0.15) is 0 Å². The van der Waals surface area contributed by atoms with Crippen LogP contribution in [0.3, 0.4) is 0 Å². The van der Waals surface area contributed by atoms with Crippen LogP contribution in [-0.4, -0.2) is 11.6 Å². The summed E-state index contributed by atoms with van der Waals surface area (Å²) in [5.74, 6) is -0.171. The molecule has 21 heavy (non-hydrogen) atoms. The first-order chi connectivity index (χ1) is 10.2. The van der Waals surface area contributed by atoms with Crippen molar-refractivity contribution in [1.82, 2.24) is 0 Å². The van der Waals surface area contributed by atoms with Crippen molar-refractivity contribution in [1.29, 1.82) is 0 Å². The second-order valence-corrected chi connectivity index (χ2v) is 5.88. The number of hydrogen-bond acceptors (Lipinski definition) is 2. The number of rotatable bonds is 0. The van der Waals surface area contributed by atoms with Crippen LogP contribution >= 0.6 is 15.9 Å². The lowest BCUT2D eigenvalue weighted by molar-refractivity contribution is 0.0980. The van der Waals surface area contributed by atoms with Crippen LogP contribution in [0.25, 0.3) is 10.8 Å². The van der Waals surface area contributed by atoms with Crippen molar-refractivity contribution in [2.75, 3.05) is 0 Å². The Morgan fingerprint density at radius 2 is 1.24 bits per heavy atom. The lowest BCUT2D eigenvalue weighted by atomic mass is 9.82. The Labute approximate surface area is 129 Å². The Balaban J connectivity index is 2.17. The third kappa shape index (κ3) is 1.64. The van der Waals surface area contributed by atoms with Gasteiger partial charge in [-0.2, -0.15) is 0 Å². The second kappa shape index (κ2) is 4.37. The summed E-state index contributed by atoms with van der Waals surface area (Å²) in [6.07, 6.45) is 0. The van der Waals surface area contributed by atoms with E-state index in [4.69, 9.17) is 0 Å². The van der Waals surface area contributed by atoms with Gasteiger partial charge in [0.25, 0.3) is 0 Å². The molecule has 0 radical (unpaired) electrons. The molecule has 0 saturated heterocycles. The highest BCUT2D eigenvalue weighted by atomic mass is 79.9. The number of benzene rings is 3. The highest BCUT2D eigenvalue weighted by Crippen LogP contribution is 2.36.